The van der Waals surface area contributed by atoms with Crippen LogP contribution in [0.3, 0.4) is 0 Å². The standard InChI is InChI=1S/C8H17N/c1-7-4-3-5-8(7)6-9-2/h7-9H,3-6H2,1-2H3/t7?,8-/m0/s1. The van der Waals surface area contributed by atoms with Crippen molar-refractivity contribution in [1.29, 1.82) is 0 Å². The van der Waals surface area contributed by atoms with Gasteiger partial charge in [0.2, 0.25) is 0 Å². The Morgan fingerprint density at radius 3 is 2.67 bits per heavy atom. The third kappa shape index (κ3) is 1.68. The molecule has 9 heavy (non-hydrogen) atoms. The van der Waals surface area contributed by atoms with Crippen molar-refractivity contribution in [3.05, 3.63) is 0 Å². The van der Waals surface area contributed by atoms with Crippen molar-refractivity contribution in [3.63, 3.8) is 0 Å². The number of rotatable bonds is 2. The SMILES string of the molecule is CNC[C@@H]1CCCC1C. The molecule has 0 aliphatic heterocycles. The van der Waals surface area contributed by atoms with Crippen LogP contribution < -0.4 is 5.32 Å². The average Bonchev–Trinajstić information content (AvgIpc) is 2.18. The Morgan fingerprint density at radius 1 is 1.44 bits per heavy atom. The molecule has 1 aliphatic carbocycles. The van der Waals surface area contributed by atoms with E-state index in [4.69, 9.17) is 0 Å². The summed E-state index contributed by atoms with van der Waals surface area (Å²) in [6.07, 6.45) is 4.35. The summed E-state index contributed by atoms with van der Waals surface area (Å²) in [7, 11) is 2.05. The Labute approximate surface area is 57.8 Å². The normalized spacial score (nSPS) is 35.3. The van der Waals surface area contributed by atoms with Crippen LogP contribution in [0.5, 0.6) is 0 Å². The van der Waals surface area contributed by atoms with E-state index in [1.54, 1.807) is 0 Å². The molecular formula is C8H17N. The lowest BCUT2D eigenvalue weighted by Gasteiger charge is -2.13. The summed E-state index contributed by atoms with van der Waals surface area (Å²) in [6, 6.07) is 0. The molecule has 2 atom stereocenters. The van der Waals surface area contributed by atoms with Gasteiger partial charge in [-0.2, -0.15) is 0 Å². The van der Waals surface area contributed by atoms with E-state index in [0.29, 0.717) is 0 Å². The lowest BCUT2D eigenvalue weighted by atomic mass is 9.98. The molecule has 54 valence electrons. The van der Waals surface area contributed by atoms with Gasteiger partial charge in [0.15, 0.2) is 0 Å². The quantitative estimate of drug-likeness (QED) is 0.594. The summed E-state index contributed by atoms with van der Waals surface area (Å²) in [5.41, 5.74) is 0. The second-order valence-corrected chi connectivity index (χ2v) is 3.23. The van der Waals surface area contributed by atoms with Crippen LogP contribution in [0.1, 0.15) is 26.2 Å². The van der Waals surface area contributed by atoms with Crippen LogP contribution in [-0.2, 0) is 0 Å². The number of hydrogen-bond donors (Lipinski definition) is 1. The van der Waals surface area contributed by atoms with Crippen molar-refractivity contribution in [2.75, 3.05) is 13.6 Å². The van der Waals surface area contributed by atoms with Gasteiger partial charge >= 0.3 is 0 Å². The lowest BCUT2D eigenvalue weighted by Crippen LogP contribution is -2.20. The third-order valence-corrected chi connectivity index (χ3v) is 2.51. The van der Waals surface area contributed by atoms with Gasteiger partial charge in [0.1, 0.15) is 0 Å². The molecule has 1 N–H and O–H groups in total. The Hall–Kier alpha value is -0.0400. The summed E-state index contributed by atoms with van der Waals surface area (Å²) < 4.78 is 0. The molecule has 0 spiro atoms. The van der Waals surface area contributed by atoms with Gasteiger partial charge in [-0.05, 0) is 31.8 Å². The maximum absolute atomic E-state index is 3.24. The average molecular weight is 127 g/mol. The van der Waals surface area contributed by atoms with Crippen molar-refractivity contribution in [1.82, 2.24) is 5.32 Å². The molecule has 1 rings (SSSR count). The molecule has 0 aromatic carbocycles. The molecule has 1 aliphatic rings. The highest BCUT2D eigenvalue weighted by atomic mass is 14.8. The van der Waals surface area contributed by atoms with E-state index in [1.807, 2.05) is 7.05 Å². The maximum atomic E-state index is 3.24. The Balaban J connectivity index is 2.22. The van der Waals surface area contributed by atoms with Gasteiger partial charge in [0.05, 0.1) is 0 Å². The van der Waals surface area contributed by atoms with E-state index in [9.17, 15) is 0 Å². The zero-order valence-corrected chi connectivity index (χ0v) is 6.48. The van der Waals surface area contributed by atoms with Gasteiger partial charge in [-0.3, -0.25) is 0 Å². The van der Waals surface area contributed by atoms with Crippen LogP contribution in [0.4, 0.5) is 0 Å². The monoisotopic (exact) mass is 127 g/mol. The highest BCUT2D eigenvalue weighted by Gasteiger charge is 2.21. The summed E-state index contributed by atoms with van der Waals surface area (Å²) in [4.78, 5) is 0. The maximum Gasteiger partial charge on any atom is -0.00210 e. The van der Waals surface area contributed by atoms with E-state index >= 15 is 0 Å². The lowest BCUT2D eigenvalue weighted by molar-refractivity contribution is 0.405. The minimum atomic E-state index is 0.968. The zero-order valence-electron chi connectivity index (χ0n) is 6.48. The Morgan fingerprint density at radius 2 is 2.22 bits per heavy atom. The molecule has 0 amide bonds. The Bertz CT molecular complexity index is 80.6. The first-order valence-electron chi connectivity index (χ1n) is 3.99. The van der Waals surface area contributed by atoms with E-state index in [1.165, 1.54) is 25.8 Å². The highest BCUT2D eigenvalue weighted by molar-refractivity contribution is 4.74. The molecular weight excluding hydrogens is 110 g/mol. The van der Waals surface area contributed by atoms with Crippen molar-refractivity contribution in [3.8, 4) is 0 Å². The minimum absolute atomic E-state index is 0.968. The van der Waals surface area contributed by atoms with Gasteiger partial charge in [0.25, 0.3) is 0 Å². The molecule has 1 unspecified atom stereocenters. The predicted octanol–water partition coefficient (Wildman–Crippen LogP) is 1.64. The summed E-state index contributed by atoms with van der Waals surface area (Å²) in [6.45, 7) is 3.59. The van der Waals surface area contributed by atoms with Crippen LogP contribution in [0.2, 0.25) is 0 Å². The van der Waals surface area contributed by atoms with E-state index in [0.717, 1.165) is 11.8 Å². The number of nitrogens with one attached hydrogen (secondary N) is 1. The first kappa shape index (κ1) is 7.07. The third-order valence-electron chi connectivity index (χ3n) is 2.51. The molecule has 1 saturated carbocycles. The topological polar surface area (TPSA) is 12.0 Å². The van der Waals surface area contributed by atoms with Gasteiger partial charge in [-0.1, -0.05) is 19.8 Å². The predicted molar refractivity (Wildman–Crippen MR) is 40.4 cm³/mol. The minimum Gasteiger partial charge on any atom is -0.319 e. The molecule has 0 bridgehead atoms. The van der Waals surface area contributed by atoms with Crippen molar-refractivity contribution < 1.29 is 0 Å². The molecule has 1 fully saturated rings. The first-order valence-corrected chi connectivity index (χ1v) is 3.99. The second kappa shape index (κ2) is 3.21. The highest BCUT2D eigenvalue weighted by Crippen LogP contribution is 2.30. The molecule has 0 aromatic heterocycles. The molecule has 1 heteroatoms. The largest absolute Gasteiger partial charge is 0.319 e. The van der Waals surface area contributed by atoms with E-state index < -0.39 is 0 Å². The molecule has 0 saturated heterocycles. The summed E-state index contributed by atoms with van der Waals surface area (Å²) in [5.74, 6) is 1.94. The number of hydrogen-bond acceptors (Lipinski definition) is 1. The fourth-order valence-corrected chi connectivity index (χ4v) is 1.79. The van der Waals surface area contributed by atoms with E-state index in [2.05, 4.69) is 12.2 Å². The second-order valence-electron chi connectivity index (χ2n) is 3.23. The molecule has 0 heterocycles. The van der Waals surface area contributed by atoms with Crippen molar-refractivity contribution >= 4 is 0 Å². The van der Waals surface area contributed by atoms with Crippen molar-refractivity contribution in [2.45, 2.75) is 26.2 Å². The van der Waals surface area contributed by atoms with Gasteiger partial charge in [-0.15, -0.1) is 0 Å². The van der Waals surface area contributed by atoms with Crippen molar-refractivity contribution in [2.24, 2.45) is 11.8 Å². The van der Waals surface area contributed by atoms with E-state index in [-0.39, 0.29) is 0 Å². The van der Waals surface area contributed by atoms with Crippen LogP contribution in [0.25, 0.3) is 0 Å². The smallest absolute Gasteiger partial charge is 0.00210 e. The van der Waals surface area contributed by atoms with Gasteiger partial charge in [0, 0.05) is 0 Å². The van der Waals surface area contributed by atoms with Crippen LogP contribution in [-0.4, -0.2) is 13.6 Å². The molecule has 0 radical (unpaired) electrons. The van der Waals surface area contributed by atoms with Gasteiger partial charge in [-0.25, -0.2) is 0 Å². The van der Waals surface area contributed by atoms with Crippen LogP contribution >= 0.6 is 0 Å². The zero-order chi connectivity index (χ0) is 6.69. The van der Waals surface area contributed by atoms with Gasteiger partial charge < -0.3 is 5.32 Å². The molecule has 0 aromatic rings. The van der Waals surface area contributed by atoms with Crippen LogP contribution in [0.15, 0.2) is 0 Å². The molecule has 1 nitrogen and oxygen atoms in total. The fraction of sp³-hybridized carbons (Fsp3) is 1.00. The fourth-order valence-electron chi connectivity index (χ4n) is 1.79. The summed E-state index contributed by atoms with van der Waals surface area (Å²) >= 11 is 0. The summed E-state index contributed by atoms with van der Waals surface area (Å²) in [5, 5.41) is 3.24. The van der Waals surface area contributed by atoms with Crippen LogP contribution in [0, 0.1) is 11.8 Å². The first-order chi connectivity index (χ1) is 4.34. The Kier molecular flexibility index (Phi) is 2.52.